The van der Waals surface area contributed by atoms with Crippen LogP contribution in [0.25, 0.3) is 39.6 Å². The van der Waals surface area contributed by atoms with Crippen molar-refractivity contribution in [3.63, 3.8) is 0 Å². The molecule has 0 spiro atoms. The standard InChI is InChI=1S/C17H9NSSe/c1-2-6-13-10(4-1)17-16-12(8-9-18-17)19-11-5-3-7-14(20-13)15(11)16/h1-9H. The van der Waals surface area contributed by atoms with Gasteiger partial charge < -0.3 is 0 Å². The van der Waals surface area contributed by atoms with E-state index in [4.69, 9.17) is 4.98 Å². The number of benzene rings is 2. The topological polar surface area (TPSA) is 12.9 Å². The SMILES string of the molecule is c1ccc2c(c1)[se]c1cccc3sc4ccnc2c4c31. The molecule has 2 aromatic carbocycles. The monoisotopic (exact) mass is 339 g/mol. The van der Waals surface area contributed by atoms with Gasteiger partial charge in [-0.15, -0.1) is 0 Å². The predicted molar refractivity (Wildman–Crippen MR) is 89.1 cm³/mol. The molecule has 0 amide bonds. The van der Waals surface area contributed by atoms with E-state index < -0.39 is 0 Å². The molecule has 20 heavy (non-hydrogen) atoms. The Morgan fingerprint density at radius 3 is 2.65 bits per heavy atom. The molecule has 5 rings (SSSR count). The van der Waals surface area contributed by atoms with Crippen LogP contribution in [0.5, 0.6) is 0 Å². The number of hydrogen-bond donors (Lipinski definition) is 0. The average Bonchev–Trinajstić information content (AvgIpc) is 2.79. The third-order valence-corrected chi connectivity index (χ3v) is 7.24. The number of nitrogens with zero attached hydrogens (tertiary/aromatic N) is 1. The van der Waals surface area contributed by atoms with Gasteiger partial charge in [-0.05, 0) is 0 Å². The first-order valence-corrected chi connectivity index (χ1v) is 9.02. The van der Waals surface area contributed by atoms with Crippen LogP contribution in [-0.4, -0.2) is 19.5 Å². The van der Waals surface area contributed by atoms with Crippen molar-refractivity contribution in [1.82, 2.24) is 4.98 Å². The maximum atomic E-state index is 4.71. The van der Waals surface area contributed by atoms with Gasteiger partial charge in [-0.1, -0.05) is 0 Å². The van der Waals surface area contributed by atoms with Crippen molar-refractivity contribution < 1.29 is 0 Å². The Kier molecular flexibility index (Phi) is 2.16. The summed E-state index contributed by atoms with van der Waals surface area (Å²) in [4.78, 5) is 4.71. The second-order valence-electron chi connectivity index (χ2n) is 4.86. The van der Waals surface area contributed by atoms with Crippen molar-refractivity contribution in [1.29, 1.82) is 0 Å². The molecule has 0 saturated carbocycles. The minimum atomic E-state index is 0.352. The fourth-order valence-electron chi connectivity index (χ4n) is 2.89. The number of pyridine rings is 1. The molecule has 0 N–H and O–H groups in total. The summed E-state index contributed by atoms with van der Waals surface area (Å²) in [6.45, 7) is 0. The van der Waals surface area contributed by atoms with Gasteiger partial charge in [0.15, 0.2) is 0 Å². The summed E-state index contributed by atoms with van der Waals surface area (Å²) >= 11 is 2.24. The third-order valence-electron chi connectivity index (χ3n) is 3.73. The Morgan fingerprint density at radius 2 is 1.65 bits per heavy atom. The Hall–Kier alpha value is -1.67. The normalized spacial score (nSPS) is 12.0. The number of thiophene rings is 1. The molecular formula is C17H9NSSe. The van der Waals surface area contributed by atoms with Crippen LogP contribution in [0.2, 0.25) is 0 Å². The van der Waals surface area contributed by atoms with Crippen LogP contribution in [0.3, 0.4) is 0 Å². The van der Waals surface area contributed by atoms with E-state index in [1.54, 1.807) is 0 Å². The van der Waals surface area contributed by atoms with Crippen molar-refractivity contribution in [2.45, 2.75) is 0 Å². The summed E-state index contributed by atoms with van der Waals surface area (Å²) in [6, 6.07) is 17.6. The van der Waals surface area contributed by atoms with Gasteiger partial charge in [0.05, 0.1) is 0 Å². The first-order valence-electron chi connectivity index (χ1n) is 6.49. The van der Waals surface area contributed by atoms with Crippen molar-refractivity contribution >= 4 is 65.4 Å². The molecule has 0 aliphatic heterocycles. The van der Waals surface area contributed by atoms with Gasteiger partial charge >= 0.3 is 125 Å². The summed E-state index contributed by atoms with van der Waals surface area (Å²) in [5, 5.41) is 4.11. The molecule has 5 aromatic rings. The third kappa shape index (κ3) is 1.35. The molecule has 1 nitrogen and oxygen atoms in total. The summed E-state index contributed by atoms with van der Waals surface area (Å²) in [6.07, 6.45) is 1.95. The second-order valence-corrected chi connectivity index (χ2v) is 8.22. The van der Waals surface area contributed by atoms with E-state index in [1.165, 1.54) is 34.1 Å². The molecule has 0 fully saturated rings. The Balaban J connectivity index is 2.32. The summed E-state index contributed by atoms with van der Waals surface area (Å²) < 4.78 is 5.67. The van der Waals surface area contributed by atoms with E-state index in [1.807, 2.05) is 17.5 Å². The molecule has 3 heterocycles. The van der Waals surface area contributed by atoms with E-state index in [9.17, 15) is 0 Å². The quantitative estimate of drug-likeness (QED) is 0.369. The molecule has 0 aliphatic carbocycles. The van der Waals surface area contributed by atoms with Crippen LogP contribution in [0.4, 0.5) is 0 Å². The number of hydrogen-bond acceptors (Lipinski definition) is 2. The van der Waals surface area contributed by atoms with Crippen LogP contribution in [0, 0.1) is 0 Å². The van der Waals surface area contributed by atoms with Crippen LogP contribution < -0.4 is 0 Å². The zero-order valence-corrected chi connectivity index (χ0v) is 13.0. The average molecular weight is 338 g/mol. The molecule has 0 saturated heterocycles. The van der Waals surface area contributed by atoms with Crippen LogP contribution in [0.1, 0.15) is 0 Å². The van der Waals surface area contributed by atoms with E-state index in [0.717, 1.165) is 5.52 Å². The number of aromatic nitrogens is 1. The molecule has 0 atom stereocenters. The molecular weight excluding hydrogens is 329 g/mol. The van der Waals surface area contributed by atoms with Crippen LogP contribution in [0.15, 0.2) is 54.7 Å². The summed E-state index contributed by atoms with van der Waals surface area (Å²) in [5.74, 6) is 0. The van der Waals surface area contributed by atoms with E-state index >= 15 is 0 Å². The summed E-state index contributed by atoms with van der Waals surface area (Å²) in [7, 11) is 0. The van der Waals surface area contributed by atoms with Crippen molar-refractivity contribution in [2.24, 2.45) is 0 Å². The predicted octanol–water partition coefficient (Wildman–Crippen LogP) is 4.81. The maximum absolute atomic E-state index is 4.71. The fraction of sp³-hybridized carbons (Fsp3) is 0. The Labute approximate surface area is 125 Å². The molecule has 0 unspecified atom stereocenters. The zero-order valence-electron chi connectivity index (χ0n) is 10.5. The first kappa shape index (κ1) is 11.0. The fourth-order valence-corrected chi connectivity index (χ4v) is 6.51. The van der Waals surface area contributed by atoms with Gasteiger partial charge in [0.1, 0.15) is 0 Å². The Bertz CT molecular complexity index is 1100. The van der Waals surface area contributed by atoms with Gasteiger partial charge in [0.25, 0.3) is 0 Å². The zero-order chi connectivity index (χ0) is 13.1. The molecule has 0 bridgehead atoms. The number of fused-ring (bicyclic) bond motifs is 2. The van der Waals surface area contributed by atoms with Crippen molar-refractivity contribution in [3.05, 3.63) is 54.7 Å². The van der Waals surface area contributed by atoms with Crippen molar-refractivity contribution in [2.75, 3.05) is 0 Å². The van der Waals surface area contributed by atoms with Crippen LogP contribution in [-0.2, 0) is 0 Å². The molecule has 3 aromatic heterocycles. The molecule has 0 radical (unpaired) electrons. The van der Waals surface area contributed by atoms with E-state index in [0.29, 0.717) is 14.5 Å². The molecule has 3 heteroatoms. The summed E-state index contributed by atoms with van der Waals surface area (Å²) in [5.41, 5.74) is 1.16. The van der Waals surface area contributed by atoms with Gasteiger partial charge in [0, 0.05) is 0 Å². The van der Waals surface area contributed by atoms with Crippen LogP contribution >= 0.6 is 11.3 Å². The first-order chi connectivity index (χ1) is 9.92. The van der Waals surface area contributed by atoms with Crippen molar-refractivity contribution in [3.8, 4) is 0 Å². The minimum absolute atomic E-state index is 0.352. The molecule has 94 valence electrons. The van der Waals surface area contributed by atoms with Gasteiger partial charge in [0.2, 0.25) is 0 Å². The number of rotatable bonds is 0. The van der Waals surface area contributed by atoms with Gasteiger partial charge in [-0.2, -0.15) is 0 Å². The van der Waals surface area contributed by atoms with E-state index in [-0.39, 0.29) is 0 Å². The van der Waals surface area contributed by atoms with E-state index in [2.05, 4.69) is 48.5 Å². The van der Waals surface area contributed by atoms with Gasteiger partial charge in [-0.3, -0.25) is 0 Å². The Morgan fingerprint density at radius 1 is 0.800 bits per heavy atom. The second kappa shape index (κ2) is 3.92. The molecule has 0 aliphatic rings. The van der Waals surface area contributed by atoms with Gasteiger partial charge in [-0.25, -0.2) is 0 Å².